The molecule has 0 fully saturated rings. The van der Waals surface area contributed by atoms with Crippen LogP contribution in [0.5, 0.6) is 0 Å². The highest BCUT2D eigenvalue weighted by Gasteiger charge is 2.17. The minimum absolute atomic E-state index is 0.0151. The lowest BCUT2D eigenvalue weighted by molar-refractivity contribution is 0.0695. The van der Waals surface area contributed by atoms with Crippen molar-refractivity contribution < 1.29 is 19.1 Å². The number of carboxylic acid groups (broad SMARTS) is 1. The molecule has 1 aromatic rings. The molecule has 1 aromatic heterocycles. The molecule has 0 saturated heterocycles. The van der Waals surface area contributed by atoms with E-state index in [9.17, 15) is 9.59 Å². The van der Waals surface area contributed by atoms with Crippen LogP contribution in [0.15, 0.2) is 16.7 Å². The zero-order valence-corrected chi connectivity index (χ0v) is 10.0. The second-order valence-electron chi connectivity index (χ2n) is 3.87. The maximum absolute atomic E-state index is 11.7. The van der Waals surface area contributed by atoms with Crippen LogP contribution in [-0.2, 0) is 0 Å². The summed E-state index contributed by atoms with van der Waals surface area (Å²) in [6, 6.07) is 1.34. The van der Waals surface area contributed by atoms with Crippen molar-refractivity contribution in [2.24, 2.45) is 0 Å². The van der Waals surface area contributed by atoms with Crippen molar-refractivity contribution in [1.29, 1.82) is 0 Å². The van der Waals surface area contributed by atoms with Crippen molar-refractivity contribution in [3.63, 3.8) is 0 Å². The maximum Gasteiger partial charge on any atom is 0.338 e. The lowest BCUT2D eigenvalue weighted by atomic mass is 10.1. The summed E-state index contributed by atoms with van der Waals surface area (Å²) in [4.78, 5) is 22.4. The molecule has 1 amide bonds. The number of hydrogen-bond acceptors (Lipinski definition) is 3. The van der Waals surface area contributed by atoms with E-state index in [-0.39, 0.29) is 23.3 Å². The summed E-state index contributed by atoms with van der Waals surface area (Å²) in [5.41, 5.74) is -0.0151. The van der Waals surface area contributed by atoms with Crippen molar-refractivity contribution in [2.75, 3.05) is 0 Å². The first-order valence-electron chi connectivity index (χ1n) is 5.71. The van der Waals surface area contributed by atoms with Gasteiger partial charge in [0.1, 0.15) is 6.26 Å². The molecule has 1 unspecified atom stereocenters. The van der Waals surface area contributed by atoms with Crippen LogP contribution in [0.2, 0.25) is 0 Å². The van der Waals surface area contributed by atoms with Crippen molar-refractivity contribution in [2.45, 2.75) is 39.2 Å². The van der Waals surface area contributed by atoms with Gasteiger partial charge in [0.15, 0.2) is 5.76 Å². The molecule has 0 aliphatic rings. The molecule has 17 heavy (non-hydrogen) atoms. The van der Waals surface area contributed by atoms with Gasteiger partial charge >= 0.3 is 5.97 Å². The third kappa shape index (κ3) is 3.62. The number of carbonyl (C=O) groups is 2. The topological polar surface area (TPSA) is 79.5 Å². The molecule has 1 heterocycles. The van der Waals surface area contributed by atoms with Crippen LogP contribution >= 0.6 is 0 Å². The zero-order chi connectivity index (χ0) is 12.8. The number of rotatable bonds is 6. The third-order valence-corrected chi connectivity index (χ3v) is 2.54. The second-order valence-corrected chi connectivity index (χ2v) is 3.87. The van der Waals surface area contributed by atoms with Crippen molar-refractivity contribution >= 4 is 11.9 Å². The van der Waals surface area contributed by atoms with Crippen LogP contribution in [0.1, 0.15) is 54.0 Å². The van der Waals surface area contributed by atoms with E-state index in [1.165, 1.54) is 6.07 Å². The lowest BCUT2D eigenvalue weighted by Gasteiger charge is -2.14. The highest BCUT2D eigenvalue weighted by atomic mass is 16.4. The Kier molecular flexibility index (Phi) is 4.75. The molecule has 2 N–H and O–H groups in total. The fourth-order valence-electron chi connectivity index (χ4n) is 1.55. The van der Waals surface area contributed by atoms with Gasteiger partial charge in [-0.15, -0.1) is 0 Å². The molecule has 5 nitrogen and oxygen atoms in total. The highest BCUT2D eigenvalue weighted by Crippen LogP contribution is 2.09. The van der Waals surface area contributed by atoms with Crippen molar-refractivity contribution in [3.05, 3.63) is 23.7 Å². The first-order chi connectivity index (χ1) is 8.08. The smallest absolute Gasteiger partial charge is 0.338 e. The number of hydrogen-bond donors (Lipinski definition) is 2. The lowest BCUT2D eigenvalue weighted by Crippen LogP contribution is -2.34. The Hall–Kier alpha value is -1.78. The van der Waals surface area contributed by atoms with Gasteiger partial charge in [-0.05, 0) is 12.8 Å². The van der Waals surface area contributed by atoms with E-state index in [0.717, 1.165) is 25.5 Å². The van der Waals surface area contributed by atoms with E-state index >= 15 is 0 Å². The molecule has 94 valence electrons. The molecule has 1 atom stereocenters. The third-order valence-electron chi connectivity index (χ3n) is 2.54. The predicted molar refractivity (Wildman–Crippen MR) is 62.1 cm³/mol. The largest absolute Gasteiger partial charge is 0.478 e. The number of carboxylic acids is 1. The van der Waals surface area contributed by atoms with Crippen LogP contribution in [0, 0.1) is 0 Å². The van der Waals surface area contributed by atoms with E-state index in [2.05, 4.69) is 5.32 Å². The molecular weight excluding hydrogens is 222 g/mol. The SMILES string of the molecule is CCCC(CC)NC(=O)c1cc(C(=O)O)co1. The predicted octanol–water partition coefficient (Wildman–Crippen LogP) is 2.29. The first kappa shape index (κ1) is 13.3. The van der Waals surface area contributed by atoms with Gasteiger partial charge in [0.2, 0.25) is 0 Å². The second kappa shape index (κ2) is 6.08. The van der Waals surface area contributed by atoms with Gasteiger partial charge in [0.25, 0.3) is 5.91 Å². The number of nitrogens with one attached hydrogen (secondary N) is 1. The molecule has 0 spiro atoms. The molecule has 0 saturated carbocycles. The Morgan fingerprint density at radius 1 is 1.47 bits per heavy atom. The Morgan fingerprint density at radius 2 is 2.18 bits per heavy atom. The molecule has 0 aromatic carbocycles. The fraction of sp³-hybridized carbons (Fsp3) is 0.500. The van der Waals surface area contributed by atoms with E-state index < -0.39 is 5.97 Å². The quantitative estimate of drug-likeness (QED) is 0.798. The maximum atomic E-state index is 11.7. The average Bonchev–Trinajstić information content (AvgIpc) is 2.77. The van der Waals surface area contributed by atoms with E-state index in [0.29, 0.717) is 0 Å². The van der Waals surface area contributed by atoms with Crippen molar-refractivity contribution in [3.8, 4) is 0 Å². The fourth-order valence-corrected chi connectivity index (χ4v) is 1.55. The molecule has 0 bridgehead atoms. The minimum Gasteiger partial charge on any atom is -0.478 e. The number of furan rings is 1. The van der Waals surface area contributed by atoms with Crippen LogP contribution in [-0.4, -0.2) is 23.0 Å². The van der Waals surface area contributed by atoms with Crippen molar-refractivity contribution in [1.82, 2.24) is 5.32 Å². The minimum atomic E-state index is -1.10. The zero-order valence-electron chi connectivity index (χ0n) is 10.0. The van der Waals surface area contributed by atoms with E-state index in [1.807, 2.05) is 13.8 Å². The van der Waals surface area contributed by atoms with Gasteiger partial charge in [0.05, 0.1) is 5.56 Å². The number of amides is 1. The van der Waals surface area contributed by atoms with E-state index in [4.69, 9.17) is 9.52 Å². The summed E-state index contributed by atoms with van der Waals surface area (Å²) < 4.78 is 4.92. The number of aromatic carboxylic acids is 1. The van der Waals surface area contributed by atoms with E-state index in [1.54, 1.807) is 0 Å². The monoisotopic (exact) mass is 239 g/mol. The van der Waals surface area contributed by atoms with Gasteiger partial charge in [0, 0.05) is 12.1 Å². The van der Waals surface area contributed by atoms with Gasteiger partial charge in [-0.3, -0.25) is 4.79 Å². The summed E-state index contributed by atoms with van der Waals surface area (Å²) in [6.45, 7) is 4.04. The Morgan fingerprint density at radius 3 is 2.65 bits per heavy atom. The van der Waals surface area contributed by atoms with Gasteiger partial charge < -0.3 is 14.8 Å². The summed E-state index contributed by atoms with van der Waals surface area (Å²) in [6.07, 6.45) is 3.79. The van der Waals surface area contributed by atoms with Gasteiger partial charge in [-0.2, -0.15) is 0 Å². The molecule has 0 radical (unpaired) electrons. The average molecular weight is 239 g/mol. The summed E-state index contributed by atoms with van der Waals surface area (Å²) in [5.74, 6) is -1.43. The number of carbonyl (C=O) groups excluding carboxylic acids is 1. The molecule has 0 aliphatic heterocycles. The van der Waals surface area contributed by atoms with Crippen LogP contribution < -0.4 is 5.32 Å². The Labute approximate surface area is 99.8 Å². The summed E-state index contributed by atoms with van der Waals surface area (Å²) >= 11 is 0. The molecule has 0 aliphatic carbocycles. The van der Waals surface area contributed by atoms with Crippen LogP contribution in [0.4, 0.5) is 0 Å². The van der Waals surface area contributed by atoms with Gasteiger partial charge in [-0.25, -0.2) is 4.79 Å². The molecule has 1 rings (SSSR count). The summed E-state index contributed by atoms with van der Waals surface area (Å²) in [7, 11) is 0. The van der Waals surface area contributed by atoms with Crippen LogP contribution in [0.3, 0.4) is 0 Å². The molecular formula is C12H17NO4. The normalized spacial score (nSPS) is 12.1. The molecule has 5 heteroatoms. The standard InChI is InChI=1S/C12H17NO4/c1-3-5-9(4-2)13-11(14)10-6-8(7-17-10)12(15)16/h6-7,9H,3-5H2,1-2H3,(H,13,14)(H,15,16). The Bertz CT molecular complexity index is 397. The van der Waals surface area contributed by atoms with Gasteiger partial charge in [-0.1, -0.05) is 20.3 Å². The van der Waals surface area contributed by atoms with Crippen LogP contribution in [0.25, 0.3) is 0 Å². The summed E-state index contributed by atoms with van der Waals surface area (Å²) in [5, 5.41) is 11.5. The first-order valence-corrected chi connectivity index (χ1v) is 5.71. The Balaban J connectivity index is 2.65. The highest BCUT2D eigenvalue weighted by molar-refractivity contribution is 5.95.